The average Bonchev–Trinajstić information content (AvgIpc) is 2.16. The zero-order valence-corrected chi connectivity index (χ0v) is 9.10. The van der Waals surface area contributed by atoms with Crippen LogP contribution in [0.4, 0.5) is 0 Å². The smallest absolute Gasteiger partial charge is 0.00773 e. The summed E-state index contributed by atoms with van der Waals surface area (Å²) in [5.41, 5.74) is 5.41. The van der Waals surface area contributed by atoms with Crippen LogP contribution in [0.15, 0.2) is 12.2 Å². The van der Waals surface area contributed by atoms with Gasteiger partial charge in [0.1, 0.15) is 0 Å². The Labute approximate surface area is 83.4 Å². The van der Waals surface area contributed by atoms with Crippen molar-refractivity contribution in [3.05, 3.63) is 12.2 Å². The van der Waals surface area contributed by atoms with E-state index in [1.807, 2.05) is 0 Å². The van der Waals surface area contributed by atoms with Crippen LogP contribution in [-0.2, 0) is 0 Å². The quantitative estimate of drug-likeness (QED) is 0.428. The zero-order chi connectivity index (χ0) is 9.78. The van der Waals surface area contributed by atoms with Crippen molar-refractivity contribution in [2.24, 2.45) is 5.73 Å². The van der Waals surface area contributed by atoms with Gasteiger partial charge in [0.15, 0.2) is 0 Å². The predicted molar refractivity (Wildman–Crippen MR) is 60.8 cm³/mol. The summed E-state index contributed by atoms with van der Waals surface area (Å²) in [6.45, 7) is 3.09. The largest absolute Gasteiger partial charge is 0.330 e. The molecule has 0 fully saturated rings. The van der Waals surface area contributed by atoms with Gasteiger partial charge in [-0.1, -0.05) is 38.3 Å². The fourth-order valence-corrected chi connectivity index (χ4v) is 1.33. The van der Waals surface area contributed by atoms with Gasteiger partial charge in [0.05, 0.1) is 0 Å². The van der Waals surface area contributed by atoms with E-state index >= 15 is 0 Å². The van der Waals surface area contributed by atoms with Crippen molar-refractivity contribution in [2.75, 3.05) is 6.54 Å². The summed E-state index contributed by atoms with van der Waals surface area (Å²) in [5.74, 6) is 0. The third-order valence-corrected chi connectivity index (χ3v) is 2.22. The van der Waals surface area contributed by atoms with Crippen LogP contribution in [-0.4, -0.2) is 6.54 Å². The van der Waals surface area contributed by atoms with Gasteiger partial charge in [-0.3, -0.25) is 0 Å². The molecule has 0 amide bonds. The molecule has 0 spiro atoms. The second-order valence-electron chi connectivity index (χ2n) is 3.61. The van der Waals surface area contributed by atoms with Crippen LogP contribution in [0.5, 0.6) is 0 Å². The Morgan fingerprint density at radius 2 is 1.46 bits per heavy atom. The van der Waals surface area contributed by atoms with Crippen molar-refractivity contribution in [3.8, 4) is 0 Å². The molecule has 13 heavy (non-hydrogen) atoms. The molecule has 0 aliphatic rings. The molecule has 0 radical (unpaired) electrons. The summed E-state index contributed by atoms with van der Waals surface area (Å²) in [6, 6.07) is 0. The van der Waals surface area contributed by atoms with Crippen LogP contribution in [0.3, 0.4) is 0 Å². The van der Waals surface area contributed by atoms with E-state index in [-0.39, 0.29) is 0 Å². The standard InChI is InChI=1S/C12H25N/c1-2-3-4-5-6-7-8-9-10-11-12-13/h6-7H,2-5,8-13H2,1H3/b7-6+. The molecule has 0 aromatic carbocycles. The lowest BCUT2D eigenvalue weighted by Gasteiger charge is -1.94. The molecular weight excluding hydrogens is 158 g/mol. The van der Waals surface area contributed by atoms with E-state index < -0.39 is 0 Å². The first kappa shape index (κ1) is 12.7. The fourth-order valence-electron chi connectivity index (χ4n) is 1.33. The second-order valence-corrected chi connectivity index (χ2v) is 3.61. The minimum Gasteiger partial charge on any atom is -0.330 e. The van der Waals surface area contributed by atoms with E-state index in [2.05, 4.69) is 19.1 Å². The number of hydrogen-bond donors (Lipinski definition) is 1. The van der Waals surface area contributed by atoms with Crippen LogP contribution in [0.25, 0.3) is 0 Å². The molecule has 0 rings (SSSR count). The normalized spacial score (nSPS) is 11.2. The minimum absolute atomic E-state index is 0.847. The van der Waals surface area contributed by atoms with Crippen LogP contribution < -0.4 is 5.73 Å². The number of rotatable bonds is 9. The van der Waals surface area contributed by atoms with Gasteiger partial charge in [-0.2, -0.15) is 0 Å². The first-order valence-electron chi connectivity index (χ1n) is 5.77. The van der Waals surface area contributed by atoms with Crippen molar-refractivity contribution >= 4 is 0 Å². The monoisotopic (exact) mass is 183 g/mol. The minimum atomic E-state index is 0.847. The van der Waals surface area contributed by atoms with Crippen molar-refractivity contribution in [2.45, 2.75) is 58.3 Å². The highest BCUT2D eigenvalue weighted by molar-refractivity contribution is 4.81. The Balaban J connectivity index is 2.95. The topological polar surface area (TPSA) is 26.0 Å². The number of hydrogen-bond acceptors (Lipinski definition) is 1. The molecule has 0 aliphatic heterocycles. The summed E-state index contributed by atoms with van der Waals surface area (Å²) in [5, 5.41) is 0. The summed E-state index contributed by atoms with van der Waals surface area (Å²) in [7, 11) is 0. The molecule has 0 atom stereocenters. The molecule has 0 saturated heterocycles. The van der Waals surface area contributed by atoms with Gasteiger partial charge in [0, 0.05) is 0 Å². The maximum Gasteiger partial charge on any atom is -0.00773 e. The molecule has 1 nitrogen and oxygen atoms in total. The van der Waals surface area contributed by atoms with Gasteiger partial charge in [-0.25, -0.2) is 0 Å². The molecule has 0 saturated carbocycles. The number of allylic oxidation sites excluding steroid dienone is 2. The summed E-state index contributed by atoms with van der Waals surface area (Å²) in [6.07, 6.45) is 15.0. The van der Waals surface area contributed by atoms with Crippen LogP contribution in [0, 0.1) is 0 Å². The number of unbranched alkanes of at least 4 members (excludes halogenated alkanes) is 6. The molecule has 0 aromatic rings. The molecule has 1 heteroatoms. The van der Waals surface area contributed by atoms with Gasteiger partial charge in [-0.05, 0) is 38.6 Å². The van der Waals surface area contributed by atoms with E-state index in [0.29, 0.717) is 0 Å². The van der Waals surface area contributed by atoms with E-state index in [1.165, 1.54) is 51.4 Å². The molecular formula is C12H25N. The lowest BCUT2D eigenvalue weighted by atomic mass is 10.1. The predicted octanol–water partition coefficient (Wildman–Crippen LogP) is 3.64. The highest BCUT2D eigenvalue weighted by Crippen LogP contribution is 2.03. The lowest BCUT2D eigenvalue weighted by Crippen LogP contribution is -1.97. The van der Waals surface area contributed by atoms with E-state index in [9.17, 15) is 0 Å². The first-order chi connectivity index (χ1) is 6.41. The Hall–Kier alpha value is -0.300. The fraction of sp³-hybridized carbons (Fsp3) is 0.833. The average molecular weight is 183 g/mol. The third kappa shape index (κ3) is 11.7. The van der Waals surface area contributed by atoms with E-state index in [0.717, 1.165) is 6.54 Å². The Bertz CT molecular complexity index is 108. The molecule has 0 aromatic heterocycles. The second kappa shape index (κ2) is 11.7. The van der Waals surface area contributed by atoms with Crippen molar-refractivity contribution in [1.82, 2.24) is 0 Å². The van der Waals surface area contributed by atoms with Gasteiger partial charge in [0.25, 0.3) is 0 Å². The summed E-state index contributed by atoms with van der Waals surface area (Å²) >= 11 is 0. The van der Waals surface area contributed by atoms with Gasteiger partial charge in [0.2, 0.25) is 0 Å². The van der Waals surface area contributed by atoms with Gasteiger partial charge < -0.3 is 5.73 Å². The van der Waals surface area contributed by atoms with E-state index in [1.54, 1.807) is 0 Å². The van der Waals surface area contributed by atoms with Crippen molar-refractivity contribution in [1.29, 1.82) is 0 Å². The van der Waals surface area contributed by atoms with Crippen molar-refractivity contribution < 1.29 is 0 Å². The Morgan fingerprint density at radius 1 is 0.846 bits per heavy atom. The van der Waals surface area contributed by atoms with Crippen LogP contribution >= 0.6 is 0 Å². The van der Waals surface area contributed by atoms with Crippen LogP contribution in [0.2, 0.25) is 0 Å². The maximum absolute atomic E-state index is 5.41. The lowest BCUT2D eigenvalue weighted by molar-refractivity contribution is 0.691. The highest BCUT2D eigenvalue weighted by atomic mass is 14.5. The van der Waals surface area contributed by atoms with Crippen molar-refractivity contribution in [3.63, 3.8) is 0 Å². The molecule has 2 N–H and O–H groups in total. The zero-order valence-electron chi connectivity index (χ0n) is 9.10. The number of nitrogens with two attached hydrogens (primary N) is 1. The SMILES string of the molecule is CCCCC/C=C/CCCCCN. The highest BCUT2D eigenvalue weighted by Gasteiger charge is 1.84. The van der Waals surface area contributed by atoms with E-state index in [4.69, 9.17) is 5.73 Å². The maximum atomic E-state index is 5.41. The van der Waals surface area contributed by atoms with Crippen LogP contribution in [0.1, 0.15) is 58.3 Å². The summed E-state index contributed by atoms with van der Waals surface area (Å²) in [4.78, 5) is 0. The first-order valence-corrected chi connectivity index (χ1v) is 5.77. The molecule has 0 unspecified atom stereocenters. The van der Waals surface area contributed by atoms with Gasteiger partial charge >= 0.3 is 0 Å². The molecule has 78 valence electrons. The third-order valence-electron chi connectivity index (χ3n) is 2.22. The molecule has 0 bridgehead atoms. The van der Waals surface area contributed by atoms with Gasteiger partial charge in [-0.15, -0.1) is 0 Å². The molecule has 0 heterocycles. The Kier molecular flexibility index (Phi) is 11.4. The molecule has 0 aliphatic carbocycles. The summed E-state index contributed by atoms with van der Waals surface area (Å²) < 4.78 is 0. The Morgan fingerprint density at radius 3 is 2.00 bits per heavy atom.